The molecular weight excluding hydrogens is 357 g/mol. The third-order valence-electron chi connectivity index (χ3n) is 3.77. The van der Waals surface area contributed by atoms with E-state index in [0.717, 1.165) is 17.0 Å². The Hall–Kier alpha value is -2.54. The van der Waals surface area contributed by atoms with Crippen molar-refractivity contribution in [2.45, 2.75) is 18.6 Å². The Labute approximate surface area is 146 Å². The molecule has 0 aromatic heterocycles. The summed E-state index contributed by atoms with van der Waals surface area (Å²) in [5, 5.41) is 2.94. The first-order chi connectivity index (χ1) is 11.8. The van der Waals surface area contributed by atoms with E-state index in [1.165, 1.54) is 18.2 Å². The third kappa shape index (κ3) is 3.46. The van der Waals surface area contributed by atoms with Crippen molar-refractivity contribution in [3.05, 3.63) is 59.1 Å². The summed E-state index contributed by atoms with van der Waals surface area (Å²) in [5.41, 5.74) is -0.466. The molecule has 25 heavy (non-hydrogen) atoms. The highest BCUT2D eigenvalue weighted by Gasteiger charge is 2.40. The molecule has 1 aliphatic rings. The molecule has 3 rings (SSSR count). The van der Waals surface area contributed by atoms with Gasteiger partial charge in [0.25, 0.3) is 5.91 Å². The van der Waals surface area contributed by atoms with Gasteiger partial charge in [0.05, 0.1) is 22.7 Å². The number of nitrogens with one attached hydrogen (secondary N) is 1. The molecule has 1 N–H and O–H groups in total. The van der Waals surface area contributed by atoms with Crippen LogP contribution in [0.2, 0.25) is 5.02 Å². The summed E-state index contributed by atoms with van der Waals surface area (Å²) in [4.78, 5) is 25.7. The van der Waals surface area contributed by atoms with E-state index in [4.69, 9.17) is 11.6 Å². The molecule has 130 valence electrons. The summed E-state index contributed by atoms with van der Waals surface area (Å²) in [6, 6.07) is 9.90. The summed E-state index contributed by atoms with van der Waals surface area (Å²) < 4.78 is 38.3. The molecule has 2 aromatic rings. The number of hydrogen-bond acceptors (Lipinski definition) is 3. The molecule has 2 amide bonds. The maximum Gasteiger partial charge on any atom is 0.416 e. The lowest BCUT2D eigenvalue weighted by Crippen LogP contribution is -2.35. The molecule has 1 heterocycles. The Kier molecular flexibility index (Phi) is 4.43. The second-order valence-corrected chi connectivity index (χ2v) is 5.91. The monoisotopic (exact) mass is 368 g/mol. The number of rotatable bonds is 3. The van der Waals surface area contributed by atoms with Crippen molar-refractivity contribution < 1.29 is 22.8 Å². The quantitative estimate of drug-likeness (QED) is 0.830. The van der Waals surface area contributed by atoms with Crippen LogP contribution >= 0.6 is 11.6 Å². The van der Waals surface area contributed by atoms with E-state index in [-0.39, 0.29) is 22.8 Å². The second kappa shape index (κ2) is 6.40. The van der Waals surface area contributed by atoms with Gasteiger partial charge in [0.15, 0.2) is 0 Å². The maximum absolute atomic E-state index is 12.8. The number of para-hydroxylation sites is 1. The number of carbonyl (C=O) groups is 2. The zero-order valence-corrected chi connectivity index (χ0v) is 13.4. The summed E-state index contributed by atoms with van der Waals surface area (Å²) in [6.45, 7) is 0. The van der Waals surface area contributed by atoms with Crippen LogP contribution in [0, 0.1) is 0 Å². The number of carbonyl (C=O) groups excluding carboxylic acids is 2. The van der Waals surface area contributed by atoms with E-state index in [2.05, 4.69) is 5.32 Å². The summed E-state index contributed by atoms with van der Waals surface area (Å²) in [7, 11) is 0. The number of amides is 2. The molecule has 0 radical (unpaired) electrons. The van der Waals surface area contributed by atoms with Gasteiger partial charge in [-0.15, -0.1) is 0 Å². The molecule has 0 aliphatic carbocycles. The molecule has 0 spiro atoms. The molecule has 0 saturated carbocycles. The molecule has 4 nitrogen and oxygen atoms in total. The second-order valence-electron chi connectivity index (χ2n) is 5.50. The van der Waals surface area contributed by atoms with Crippen LogP contribution in [-0.2, 0) is 15.8 Å². The Bertz CT molecular complexity index is 839. The van der Waals surface area contributed by atoms with E-state index in [1.807, 2.05) is 0 Å². The van der Waals surface area contributed by atoms with Crippen LogP contribution < -0.4 is 10.2 Å². The number of hydrogen-bond donors (Lipinski definition) is 1. The van der Waals surface area contributed by atoms with Gasteiger partial charge in [-0.05, 0) is 30.3 Å². The Morgan fingerprint density at radius 2 is 1.80 bits per heavy atom. The third-order valence-corrected chi connectivity index (χ3v) is 4.09. The van der Waals surface area contributed by atoms with E-state index >= 15 is 0 Å². The van der Waals surface area contributed by atoms with E-state index in [0.29, 0.717) is 0 Å². The molecule has 1 atom stereocenters. The van der Waals surface area contributed by atoms with Gasteiger partial charge in [-0.2, -0.15) is 13.2 Å². The van der Waals surface area contributed by atoms with Crippen molar-refractivity contribution in [1.82, 2.24) is 0 Å². The fourth-order valence-electron chi connectivity index (χ4n) is 2.62. The van der Waals surface area contributed by atoms with E-state index in [1.54, 1.807) is 18.2 Å². The van der Waals surface area contributed by atoms with Crippen LogP contribution in [-0.4, -0.2) is 17.9 Å². The minimum absolute atomic E-state index is 0.113. The van der Waals surface area contributed by atoms with Crippen LogP contribution in [0.25, 0.3) is 0 Å². The normalized spacial score (nSPS) is 17.9. The highest BCUT2D eigenvalue weighted by molar-refractivity contribution is 6.36. The average molecular weight is 369 g/mol. The fourth-order valence-corrected chi connectivity index (χ4v) is 2.84. The Balaban J connectivity index is 1.83. The van der Waals surface area contributed by atoms with Crippen LogP contribution in [0.3, 0.4) is 0 Å². The Morgan fingerprint density at radius 3 is 2.48 bits per heavy atom. The first-order valence-corrected chi connectivity index (χ1v) is 7.70. The lowest BCUT2D eigenvalue weighted by atomic mass is 10.1. The minimum Gasteiger partial charge on any atom is -0.373 e. The van der Waals surface area contributed by atoms with Gasteiger partial charge in [0.2, 0.25) is 5.91 Å². The highest BCUT2D eigenvalue weighted by atomic mass is 35.5. The average Bonchev–Trinajstić information content (AvgIpc) is 2.82. The SMILES string of the molecule is O=C1C[C@@H](Nc2cccc(C(F)(F)F)c2)C(=O)N1c1ccccc1Cl. The van der Waals surface area contributed by atoms with Crippen molar-refractivity contribution >= 4 is 34.8 Å². The number of benzene rings is 2. The molecule has 2 aromatic carbocycles. The van der Waals surface area contributed by atoms with Crippen LogP contribution in [0.1, 0.15) is 12.0 Å². The van der Waals surface area contributed by atoms with E-state index in [9.17, 15) is 22.8 Å². The number of anilines is 2. The number of halogens is 4. The molecule has 1 aliphatic heterocycles. The summed E-state index contributed by atoms with van der Waals surface area (Å²) in [5.74, 6) is -1.03. The molecule has 1 saturated heterocycles. The van der Waals surface area contributed by atoms with Gasteiger partial charge < -0.3 is 5.32 Å². The number of alkyl halides is 3. The highest BCUT2D eigenvalue weighted by Crippen LogP contribution is 2.33. The molecule has 0 bridgehead atoms. The zero-order valence-electron chi connectivity index (χ0n) is 12.7. The topological polar surface area (TPSA) is 49.4 Å². The van der Waals surface area contributed by atoms with Crippen molar-refractivity contribution in [1.29, 1.82) is 0 Å². The first kappa shape index (κ1) is 17.3. The summed E-state index contributed by atoms with van der Waals surface area (Å²) in [6.07, 6.45) is -4.66. The lowest BCUT2D eigenvalue weighted by Gasteiger charge is -2.17. The van der Waals surface area contributed by atoms with Crippen molar-refractivity contribution in [2.75, 3.05) is 10.2 Å². The largest absolute Gasteiger partial charge is 0.416 e. The molecular formula is C17H12ClF3N2O2. The Morgan fingerprint density at radius 1 is 1.08 bits per heavy atom. The smallest absolute Gasteiger partial charge is 0.373 e. The molecule has 8 heteroatoms. The lowest BCUT2D eigenvalue weighted by molar-refractivity contribution is -0.137. The number of nitrogens with zero attached hydrogens (tertiary/aromatic N) is 1. The van der Waals surface area contributed by atoms with Gasteiger partial charge in [-0.25, -0.2) is 4.90 Å². The van der Waals surface area contributed by atoms with Crippen molar-refractivity contribution in [2.24, 2.45) is 0 Å². The van der Waals surface area contributed by atoms with Gasteiger partial charge >= 0.3 is 6.18 Å². The van der Waals surface area contributed by atoms with Gasteiger partial charge in [0.1, 0.15) is 6.04 Å². The predicted molar refractivity (Wildman–Crippen MR) is 87.4 cm³/mol. The van der Waals surface area contributed by atoms with Crippen LogP contribution in [0.4, 0.5) is 24.5 Å². The van der Waals surface area contributed by atoms with E-state index < -0.39 is 29.6 Å². The van der Waals surface area contributed by atoms with Crippen molar-refractivity contribution in [3.8, 4) is 0 Å². The molecule has 1 fully saturated rings. The standard InChI is InChI=1S/C17H12ClF3N2O2/c18-12-6-1-2-7-14(12)23-15(24)9-13(16(23)25)22-11-5-3-4-10(8-11)17(19,20)21/h1-8,13,22H,9H2/t13-/m1/s1. The van der Waals surface area contributed by atoms with Gasteiger partial charge in [-0.3, -0.25) is 9.59 Å². The first-order valence-electron chi connectivity index (χ1n) is 7.32. The van der Waals surface area contributed by atoms with Crippen LogP contribution in [0.15, 0.2) is 48.5 Å². The van der Waals surface area contributed by atoms with Gasteiger partial charge in [-0.1, -0.05) is 29.8 Å². The van der Waals surface area contributed by atoms with Gasteiger partial charge in [0, 0.05) is 5.69 Å². The maximum atomic E-state index is 12.8. The fraction of sp³-hybridized carbons (Fsp3) is 0.176. The van der Waals surface area contributed by atoms with Crippen molar-refractivity contribution in [3.63, 3.8) is 0 Å². The summed E-state index contributed by atoms with van der Waals surface area (Å²) >= 11 is 6.02. The molecule has 0 unspecified atom stereocenters. The predicted octanol–water partition coefficient (Wildman–Crippen LogP) is 4.10. The van der Waals surface area contributed by atoms with Crippen LogP contribution in [0.5, 0.6) is 0 Å². The zero-order chi connectivity index (χ0) is 18.2. The number of imide groups is 1. The minimum atomic E-state index is -4.49.